The normalized spacial score (nSPS) is 14.9. The third kappa shape index (κ3) is 4.47. The van der Waals surface area contributed by atoms with Crippen molar-refractivity contribution in [3.8, 4) is 11.5 Å². The fraction of sp³-hybridized carbons (Fsp3) is 0.280. The number of rotatable bonds is 4. The topological polar surface area (TPSA) is 24.9 Å². The van der Waals surface area contributed by atoms with Gasteiger partial charge in [0, 0.05) is 38.1 Å². The molecule has 5 rings (SSSR count). The lowest BCUT2D eigenvalue weighted by atomic mass is 10.1. The molecule has 0 saturated carbocycles. The van der Waals surface area contributed by atoms with Gasteiger partial charge in [0.1, 0.15) is 11.5 Å². The van der Waals surface area contributed by atoms with Crippen LogP contribution >= 0.6 is 55.4 Å². The second-order valence-corrected chi connectivity index (χ2v) is 11.6. The molecular formula is C25H24Br2N2O2S2. The van der Waals surface area contributed by atoms with E-state index in [9.17, 15) is 0 Å². The van der Waals surface area contributed by atoms with Crippen molar-refractivity contribution in [2.45, 2.75) is 29.8 Å². The Hall–Kier alpha value is -1.48. The molecule has 0 aliphatic carbocycles. The summed E-state index contributed by atoms with van der Waals surface area (Å²) in [6, 6.07) is 14.8. The lowest BCUT2D eigenvalue weighted by Crippen LogP contribution is -2.35. The smallest absolute Gasteiger partial charge is 0.161 e. The Labute approximate surface area is 220 Å². The van der Waals surface area contributed by atoms with E-state index in [1.807, 2.05) is 24.3 Å². The number of hydrogen-bond acceptors (Lipinski definition) is 6. The highest BCUT2D eigenvalue weighted by atomic mass is 79.9. The molecule has 0 fully saturated rings. The maximum absolute atomic E-state index is 6.16. The summed E-state index contributed by atoms with van der Waals surface area (Å²) in [6.07, 6.45) is 4.31. The molecule has 2 aliphatic rings. The monoisotopic (exact) mass is 606 g/mol. The number of anilines is 2. The number of thioether (sulfide) groups is 2. The second-order valence-electron chi connectivity index (χ2n) is 8.07. The van der Waals surface area contributed by atoms with Crippen molar-refractivity contribution in [3.63, 3.8) is 0 Å². The average Bonchev–Trinajstić information content (AvgIpc) is 2.82. The Morgan fingerprint density at radius 2 is 1.30 bits per heavy atom. The molecule has 0 saturated heterocycles. The molecule has 4 nitrogen and oxygen atoms in total. The van der Waals surface area contributed by atoms with Crippen LogP contribution in [0.2, 0.25) is 0 Å². The molecule has 0 radical (unpaired) electrons. The summed E-state index contributed by atoms with van der Waals surface area (Å²) in [5.74, 6) is 1.93. The van der Waals surface area contributed by atoms with E-state index in [-0.39, 0.29) is 0 Å². The fourth-order valence-electron chi connectivity index (χ4n) is 4.49. The van der Waals surface area contributed by atoms with Crippen molar-refractivity contribution in [3.05, 3.63) is 68.1 Å². The first-order chi connectivity index (χ1) is 16.0. The van der Waals surface area contributed by atoms with E-state index >= 15 is 0 Å². The number of nitrogens with zero attached hydrogens (tertiary/aromatic N) is 2. The number of aryl methyl sites for hydroxylation is 1. The first kappa shape index (κ1) is 23.3. The minimum atomic E-state index is 0.532. The second kappa shape index (κ2) is 9.64. The Morgan fingerprint density at radius 3 is 1.82 bits per heavy atom. The van der Waals surface area contributed by atoms with Crippen LogP contribution in [0.25, 0.3) is 0 Å². The first-order valence-corrected chi connectivity index (χ1v) is 14.6. The van der Waals surface area contributed by atoms with Crippen LogP contribution in [-0.4, -0.2) is 26.0 Å². The van der Waals surface area contributed by atoms with E-state index in [0.717, 1.165) is 33.5 Å². The highest BCUT2D eigenvalue weighted by molar-refractivity contribution is 9.10. The van der Waals surface area contributed by atoms with Crippen molar-refractivity contribution in [1.29, 1.82) is 0 Å². The molecule has 0 aromatic heterocycles. The molecule has 0 bridgehead atoms. The molecule has 0 amide bonds. The van der Waals surface area contributed by atoms with Crippen LogP contribution in [0.15, 0.2) is 61.2 Å². The maximum Gasteiger partial charge on any atom is 0.161 e. The SMILES string of the molecule is CSc1cc(C)c(N2COc3ccc(Br)cc3C2)c(SC)c1N1COc2ccc(Br)cc2C1. The molecule has 0 spiro atoms. The minimum absolute atomic E-state index is 0.532. The third-order valence-electron chi connectivity index (χ3n) is 5.96. The summed E-state index contributed by atoms with van der Waals surface area (Å²) in [5, 5.41) is 0. The zero-order valence-corrected chi connectivity index (χ0v) is 23.5. The van der Waals surface area contributed by atoms with Gasteiger partial charge >= 0.3 is 0 Å². The van der Waals surface area contributed by atoms with Crippen LogP contribution in [0, 0.1) is 6.92 Å². The standard InChI is InChI=1S/C25H24Br2N2O2S2/c1-15-8-22(32-2)24(29-12-17-10-19(27)5-7-21(17)31-14-29)25(33-3)23(15)28-11-16-9-18(26)4-6-20(16)30-13-28/h4-10H,11-14H2,1-3H3. The largest absolute Gasteiger partial charge is 0.473 e. The van der Waals surface area contributed by atoms with E-state index in [1.165, 1.54) is 37.9 Å². The van der Waals surface area contributed by atoms with Gasteiger partial charge < -0.3 is 19.3 Å². The van der Waals surface area contributed by atoms with E-state index < -0.39 is 0 Å². The van der Waals surface area contributed by atoms with E-state index in [1.54, 1.807) is 23.5 Å². The van der Waals surface area contributed by atoms with Crippen LogP contribution < -0.4 is 19.3 Å². The van der Waals surface area contributed by atoms with Gasteiger partial charge in [0.05, 0.1) is 16.3 Å². The fourth-order valence-corrected chi connectivity index (χ4v) is 7.00. The summed E-state index contributed by atoms with van der Waals surface area (Å²) in [7, 11) is 0. The zero-order chi connectivity index (χ0) is 23.1. The highest BCUT2D eigenvalue weighted by Gasteiger charge is 2.29. The Kier molecular flexibility index (Phi) is 6.80. The van der Waals surface area contributed by atoms with Crippen molar-refractivity contribution < 1.29 is 9.47 Å². The predicted octanol–water partition coefficient (Wildman–Crippen LogP) is 7.68. The number of hydrogen-bond donors (Lipinski definition) is 0. The van der Waals surface area contributed by atoms with Gasteiger partial charge in [0.25, 0.3) is 0 Å². The van der Waals surface area contributed by atoms with Crippen molar-refractivity contribution >= 4 is 66.8 Å². The summed E-state index contributed by atoms with van der Waals surface area (Å²) in [6.45, 7) is 4.89. The van der Waals surface area contributed by atoms with Crippen LogP contribution in [0.4, 0.5) is 11.4 Å². The van der Waals surface area contributed by atoms with Crippen molar-refractivity contribution in [1.82, 2.24) is 0 Å². The van der Waals surface area contributed by atoms with Gasteiger partial charge in [-0.05, 0) is 67.5 Å². The molecule has 2 aliphatic heterocycles. The quantitative estimate of drug-likeness (QED) is 0.282. The van der Waals surface area contributed by atoms with Gasteiger partial charge in [-0.15, -0.1) is 23.5 Å². The Balaban J connectivity index is 1.57. The van der Waals surface area contributed by atoms with Crippen molar-refractivity contribution in [2.24, 2.45) is 0 Å². The average molecular weight is 608 g/mol. The highest BCUT2D eigenvalue weighted by Crippen LogP contribution is 2.48. The summed E-state index contributed by atoms with van der Waals surface area (Å²) in [4.78, 5) is 7.23. The molecular weight excluding hydrogens is 584 g/mol. The van der Waals surface area contributed by atoms with Gasteiger partial charge in [-0.25, -0.2) is 0 Å². The summed E-state index contributed by atoms with van der Waals surface area (Å²) < 4.78 is 14.5. The number of benzene rings is 3. The number of fused-ring (bicyclic) bond motifs is 2. The van der Waals surface area contributed by atoms with Gasteiger partial charge in [-0.2, -0.15) is 0 Å². The zero-order valence-electron chi connectivity index (χ0n) is 18.7. The summed E-state index contributed by atoms with van der Waals surface area (Å²) >= 11 is 10.8. The van der Waals surface area contributed by atoms with Gasteiger partial charge in [0.15, 0.2) is 13.5 Å². The minimum Gasteiger partial charge on any atom is -0.473 e. The number of halogens is 2. The van der Waals surface area contributed by atoms with Gasteiger partial charge in [-0.1, -0.05) is 31.9 Å². The lowest BCUT2D eigenvalue weighted by molar-refractivity contribution is 0.285. The molecule has 172 valence electrons. The maximum atomic E-state index is 6.16. The van der Waals surface area contributed by atoms with Gasteiger partial charge in [-0.3, -0.25) is 0 Å². The molecule has 3 aromatic carbocycles. The predicted molar refractivity (Wildman–Crippen MR) is 146 cm³/mol. The van der Waals surface area contributed by atoms with Gasteiger partial charge in [0.2, 0.25) is 0 Å². The van der Waals surface area contributed by atoms with Crippen LogP contribution in [0.5, 0.6) is 11.5 Å². The molecule has 3 aromatic rings. The van der Waals surface area contributed by atoms with Crippen LogP contribution in [-0.2, 0) is 13.1 Å². The molecule has 0 atom stereocenters. The molecule has 33 heavy (non-hydrogen) atoms. The van der Waals surface area contributed by atoms with Crippen LogP contribution in [0.1, 0.15) is 16.7 Å². The summed E-state index contributed by atoms with van der Waals surface area (Å²) in [5.41, 5.74) is 6.12. The van der Waals surface area contributed by atoms with Crippen molar-refractivity contribution in [2.75, 3.05) is 35.8 Å². The lowest BCUT2D eigenvalue weighted by Gasteiger charge is -2.37. The molecule has 0 N–H and O–H groups in total. The van der Waals surface area contributed by atoms with E-state index in [4.69, 9.17) is 9.47 Å². The van der Waals surface area contributed by atoms with E-state index in [0.29, 0.717) is 13.5 Å². The van der Waals surface area contributed by atoms with Crippen LogP contribution in [0.3, 0.4) is 0 Å². The first-order valence-electron chi connectivity index (χ1n) is 10.6. The number of ether oxygens (including phenoxy) is 2. The Morgan fingerprint density at radius 1 is 0.758 bits per heavy atom. The Bertz CT molecular complexity index is 1220. The molecule has 8 heteroatoms. The molecule has 2 heterocycles. The third-order valence-corrected chi connectivity index (χ3v) is 8.49. The molecule has 0 unspecified atom stereocenters. The van der Waals surface area contributed by atoms with E-state index in [2.05, 4.69) is 79.3 Å².